The summed E-state index contributed by atoms with van der Waals surface area (Å²) in [4.78, 5) is 29.3. The van der Waals surface area contributed by atoms with Gasteiger partial charge in [-0.1, -0.05) is 13.8 Å². The second kappa shape index (κ2) is 5.02. The van der Waals surface area contributed by atoms with Gasteiger partial charge >= 0.3 is 0 Å². The summed E-state index contributed by atoms with van der Waals surface area (Å²) in [5, 5.41) is 2.88. The molecule has 4 rings (SSSR count). The van der Waals surface area contributed by atoms with Crippen LogP contribution in [0.3, 0.4) is 0 Å². The molecule has 0 spiro atoms. The Morgan fingerprint density at radius 2 is 1.85 bits per heavy atom. The van der Waals surface area contributed by atoms with Gasteiger partial charge in [0.25, 0.3) is 0 Å². The maximum atomic E-state index is 12.8. The van der Waals surface area contributed by atoms with E-state index in [0.717, 1.165) is 32.5 Å². The number of hydrogen-bond acceptors (Lipinski definition) is 3. The van der Waals surface area contributed by atoms with Crippen LogP contribution >= 0.6 is 0 Å². The van der Waals surface area contributed by atoms with Crippen LogP contribution in [0.5, 0.6) is 0 Å². The van der Waals surface area contributed by atoms with Gasteiger partial charge in [-0.25, -0.2) is 0 Å². The maximum absolute atomic E-state index is 12.8. The van der Waals surface area contributed by atoms with Gasteiger partial charge in [0.2, 0.25) is 11.8 Å². The van der Waals surface area contributed by atoms with Crippen LogP contribution in [-0.4, -0.2) is 59.4 Å². The predicted octanol–water partition coefficient (Wildman–Crippen LogP) is 0.452. The lowest BCUT2D eigenvalue weighted by Gasteiger charge is -2.52. The standard InChI is InChI=1S/C15H25N3O2/c1-9(2)13-15(20)18(10(3)14(19)16-13)12-8-17-6-4-11(12)5-7-17/h9-13H,4-8H2,1-3H3,(H,16,19). The van der Waals surface area contributed by atoms with E-state index in [4.69, 9.17) is 0 Å². The first-order valence-corrected chi connectivity index (χ1v) is 7.84. The number of piperazine rings is 1. The fourth-order valence-corrected chi connectivity index (χ4v) is 3.96. The summed E-state index contributed by atoms with van der Waals surface area (Å²) in [6.07, 6.45) is 2.32. The fraction of sp³-hybridized carbons (Fsp3) is 0.867. The lowest BCUT2D eigenvalue weighted by molar-refractivity contribution is -0.157. The van der Waals surface area contributed by atoms with Gasteiger partial charge in [0, 0.05) is 12.6 Å². The molecule has 4 saturated heterocycles. The zero-order valence-electron chi connectivity index (χ0n) is 12.6. The molecule has 2 bridgehead atoms. The summed E-state index contributed by atoms with van der Waals surface area (Å²) in [6.45, 7) is 9.09. The molecule has 5 heteroatoms. The van der Waals surface area contributed by atoms with E-state index in [1.807, 2.05) is 25.7 Å². The third-order valence-electron chi connectivity index (χ3n) is 5.26. The number of piperidine rings is 3. The van der Waals surface area contributed by atoms with Gasteiger partial charge in [-0.2, -0.15) is 0 Å². The molecule has 4 aliphatic rings. The van der Waals surface area contributed by atoms with Crippen molar-refractivity contribution in [3.8, 4) is 0 Å². The molecule has 4 fully saturated rings. The minimum absolute atomic E-state index is 0.000234. The van der Waals surface area contributed by atoms with Crippen LogP contribution in [0.4, 0.5) is 0 Å². The van der Waals surface area contributed by atoms with Gasteiger partial charge in [-0.15, -0.1) is 0 Å². The number of rotatable bonds is 2. The average Bonchev–Trinajstić information content (AvgIpc) is 2.44. The first-order chi connectivity index (χ1) is 9.49. The number of fused-ring (bicyclic) bond motifs is 3. The smallest absolute Gasteiger partial charge is 0.246 e. The highest BCUT2D eigenvalue weighted by atomic mass is 16.2. The summed E-state index contributed by atoms with van der Waals surface area (Å²) in [6, 6.07) is -0.454. The topological polar surface area (TPSA) is 52.7 Å². The predicted molar refractivity (Wildman–Crippen MR) is 76.0 cm³/mol. The van der Waals surface area contributed by atoms with Crippen LogP contribution in [0.2, 0.25) is 0 Å². The van der Waals surface area contributed by atoms with Crippen molar-refractivity contribution in [3.63, 3.8) is 0 Å². The van der Waals surface area contributed by atoms with Crippen molar-refractivity contribution >= 4 is 11.8 Å². The Balaban J connectivity index is 1.85. The van der Waals surface area contributed by atoms with Gasteiger partial charge in [-0.3, -0.25) is 9.59 Å². The molecule has 0 aromatic rings. The second-order valence-corrected chi connectivity index (χ2v) is 6.86. The highest BCUT2D eigenvalue weighted by Gasteiger charge is 2.47. The third kappa shape index (κ3) is 2.12. The number of hydrogen-bond donors (Lipinski definition) is 1. The van der Waals surface area contributed by atoms with E-state index in [1.54, 1.807) is 0 Å². The Hall–Kier alpha value is -1.10. The molecule has 3 unspecified atom stereocenters. The number of nitrogens with zero attached hydrogens (tertiary/aromatic N) is 2. The lowest BCUT2D eigenvalue weighted by Crippen LogP contribution is -2.70. The lowest BCUT2D eigenvalue weighted by atomic mass is 9.81. The van der Waals surface area contributed by atoms with Crippen molar-refractivity contribution in [1.82, 2.24) is 15.1 Å². The first kappa shape index (κ1) is 13.9. The van der Waals surface area contributed by atoms with Crippen molar-refractivity contribution in [1.29, 1.82) is 0 Å². The fourth-order valence-electron chi connectivity index (χ4n) is 3.96. The van der Waals surface area contributed by atoms with Crippen LogP contribution < -0.4 is 5.32 Å². The van der Waals surface area contributed by atoms with E-state index in [0.29, 0.717) is 5.92 Å². The monoisotopic (exact) mass is 279 g/mol. The first-order valence-electron chi connectivity index (χ1n) is 7.84. The summed E-state index contributed by atoms with van der Waals surface area (Å²) < 4.78 is 0. The van der Waals surface area contributed by atoms with Crippen molar-refractivity contribution in [2.75, 3.05) is 19.6 Å². The Kier molecular flexibility index (Phi) is 3.48. The van der Waals surface area contributed by atoms with Gasteiger partial charge in [0.05, 0.1) is 0 Å². The van der Waals surface area contributed by atoms with Crippen LogP contribution in [0, 0.1) is 11.8 Å². The van der Waals surface area contributed by atoms with Crippen LogP contribution in [-0.2, 0) is 9.59 Å². The van der Waals surface area contributed by atoms with E-state index in [9.17, 15) is 9.59 Å². The van der Waals surface area contributed by atoms with Gasteiger partial charge in [0.15, 0.2) is 0 Å². The Bertz CT molecular complexity index is 415. The minimum atomic E-state index is -0.353. The average molecular weight is 279 g/mol. The quantitative estimate of drug-likeness (QED) is 0.798. The Morgan fingerprint density at radius 1 is 1.20 bits per heavy atom. The van der Waals surface area contributed by atoms with Crippen LogP contribution in [0.25, 0.3) is 0 Å². The SMILES string of the molecule is CC(C)C1NC(=O)C(C)N(C2CN3CCC2CC3)C1=O. The van der Waals surface area contributed by atoms with Crippen LogP contribution in [0.1, 0.15) is 33.6 Å². The molecule has 0 saturated carbocycles. The van der Waals surface area contributed by atoms with Crippen molar-refractivity contribution in [2.45, 2.75) is 51.7 Å². The molecular formula is C15H25N3O2. The molecule has 5 nitrogen and oxygen atoms in total. The van der Waals surface area contributed by atoms with E-state index in [2.05, 4.69) is 10.2 Å². The van der Waals surface area contributed by atoms with Gasteiger partial charge in [-0.05, 0) is 44.7 Å². The summed E-state index contributed by atoms with van der Waals surface area (Å²) in [5.74, 6) is 0.832. The molecule has 4 aliphatic heterocycles. The molecule has 0 aromatic heterocycles. The van der Waals surface area contributed by atoms with Gasteiger partial charge < -0.3 is 15.1 Å². The molecule has 4 heterocycles. The van der Waals surface area contributed by atoms with E-state index < -0.39 is 0 Å². The molecular weight excluding hydrogens is 254 g/mol. The van der Waals surface area contributed by atoms with Gasteiger partial charge in [0.1, 0.15) is 12.1 Å². The Labute approximate surface area is 120 Å². The zero-order valence-corrected chi connectivity index (χ0v) is 12.6. The zero-order chi connectivity index (χ0) is 14.4. The summed E-state index contributed by atoms with van der Waals surface area (Å²) >= 11 is 0. The number of nitrogens with one attached hydrogen (secondary N) is 1. The van der Waals surface area contributed by atoms with E-state index in [-0.39, 0.29) is 35.9 Å². The number of carbonyl (C=O) groups is 2. The van der Waals surface area contributed by atoms with E-state index >= 15 is 0 Å². The molecule has 0 aromatic carbocycles. The largest absolute Gasteiger partial charge is 0.342 e. The Morgan fingerprint density at radius 3 is 2.35 bits per heavy atom. The number of carbonyl (C=O) groups excluding carboxylic acids is 2. The molecule has 0 aliphatic carbocycles. The second-order valence-electron chi connectivity index (χ2n) is 6.86. The molecule has 1 N–H and O–H groups in total. The molecule has 112 valence electrons. The molecule has 3 atom stereocenters. The molecule has 0 radical (unpaired) electrons. The molecule has 20 heavy (non-hydrogen) atoms. The van der Waals surface area contributed by atoms with Crippen LogP contribution in [0.15, 0.2) is 0 Å². The maximum Gasteiger partial charge on any atom is 0.246 e. The highest BCUT2D eigenvalue weighted by Crippen LogP contribution is 2.33. The number of amides is 2. The molecule has 2 amide bonds. The van der Waals surface area contributed by atoms with Crippen molar-refractivity contribution in [2.24, 2.45) is 11.8 Å². The third-order valence-corrected chi connectivity index (χ3v) is 5.26. The summed E-state index contributed by atoms with van der Waals surface area (Å²) in [5.41, 5.74) is 0. The summed E-state index contributed by atoms with van der Waals surface area (Å²) in [7, 11) is 0. The van der Waals surface area contributed by atoms with Crippen molar-refractivity contribution in [3.05, 3.63) is 0 Å². The van der Waals surface area contributed by atoms with E-state index in [1.165, 1.54) is 0 Å². The normalized spacial score (nSPS) is 41.2. The van der Waals surface area contributed by atoms with Crippen molar-refractivity contribution < 1.29 is 9.59 Å². The minimum Gasteiger partial charge on any atom is -0.342 e. The highest BCUT2D eigenvalue weighted by molar-refractivity contribution is 5.97.